The van der Waals surface area contributed by atoms with Gasteiger partial charge in [-0.25, -0.2) is 0 Å². The second-order valence-corrected chi connectivity index (χ2v) is 6.46. The molecule has 14 heavy (non-hydrogen) atoms. The SMILES string of the molecule is Clc1ccc(-c2sc(Br)cc2Br)cc1. The molecule has 2 aromatic rings. The van der Waals surface area contributed by atoms with E-state index in [1.54, 1.807) is 11.3 Å². The Morgan fingerprint density at radius 3 is 2.21 bits per heavy atom. The quantitative estimate of drug-likeness (QED) is 0.627. The zero-order chi connectivity index (χ0) is 10.1. The number of thiophene rings is 1. The Bertz CT molecular complexity index is 448. The van der Waals surface area contributed by atoms with Crippen molar-refractivity contribution < 1.29 is 0 Å². The van der Waals surface area contributed by atoms with Gasteiger partial charge in [0.05, 0.1) is 3.79 Å². The average molecular weight is 352 g/mol. The molecule has 1 heterocycles. The molecule has 0 radical (unpaired) electrons. The molecule has 0 amide bonds. The van der Waals surface area contributed by atoms with E-state index in [0.717, 1.165) is 13.3 Å². The van der Waals surface area contributed by atoms with Crippen LogP contribution in [0, 0.1) is 0 Å². The van der Waals surface area contributed by atoms with Crippen molar-refractivity contribution in [3.8, 4) is 10.4 Å². The van der Waals surface area contributed by atoms with Crippen molar-refractivity contribution in [3.05, 3.63) is 43.6 Å². The van der Waals surface area contributed by atoms with Crippen LogP contribution in [0.4, 0.5) is 0 Å². The molecular formula is C10H5Br2ClS. The molecule has 0 saturated heterocycles. The lowest BCUT2D eigenvalue weighted by Crippen LogP contribution is -1.71. The smallest absolute Gasteiger partial charge is 0.0716 e. The Hall–Kier alpha value is 0.170. The molecule has 2 rings (SSSR count). The first-order chi connectivity index (χ1) is 6.66. The lowest BCUT2D eigenvalue weighted by molar-refractivity contribution is 1.68. The summed E-state index contributed by atoms with van der Waals surface area (Å²) in [5.41, 5.74) is 1.18. The fraction of sp³-hybridized carbons (Fsp3) is 0. The van der Waals surface area contributed by atoms with E-state index < -0.39 is 0 Å². The summed E-state index contributed by atoms with van der Waals surface area (Å²) in [6.45, 7) is 0. The summed E-state index contributed by atoms with van der Waals surface area (Å²) in [7, 11) is 0. The second kappa shape index (κ2) is 4.35. The topological polar surface area (TPSA) is 0 Å². The van der Waals surface area contributed by atoms with Gasteiger partial charge in [0.15, 0.2) is 0 Å². The summed E-state index contributed by atoms with van der Waals surface area (Å²) in [6, 6.07) is 9.89. The van der Waals surface area contributed by atoms with Crippen LogP contribution in [-0.2, 0) is 0 Å². The van der Waals surface area contributed by atoms with Gasteiger partial charge in [0.25, 0.3) is 0 Å². The van der Waals surface area contributed by atoms with Crippen LogP contribution in [0.15, 0.2) is 38.6 Å². The standard InChI is InChI=1S/C10H5Br2ClS/c11-8-5-9(12)14-10(8)6-1-3-7(13)4-2-6/h1-5H. The minimum atomic E-state index is 0.764. The first kappa shape index (κ1) is 10.7. The summed E-state index contributed by atoms with van der Waals surface area (Å²) in [5.74, 6) is 0. The third-order valence-corrected chi connectivity index (χ3v) is 4.59. The van der Waals surface area contributed by atoms with Crippen molar-refractivity contribution in [1.82, 2.24) is 0 Å². The van der Waals surface area contributed by atoms with Gasteiger partial charge in [-0.3, -0.25) is 0 Å². The second-order valence-electron chi connectivity index (χ2n) is 2.73. The molecule has 0 aliphatic rings. The molecule has 0 aliphatic heterocycles. The first-order valence-electron chi connectivity index (χ1n) is 3.87. The molecule has 72 valence electrons. The van der Waals surface area contributed by atoms with Gasteiger partial charge >= 0.3 is 0 Å². The molecule has 0 saturated carbocycles. The van der Waals surface area contributed by atoms with Crippen molar-refractivity contribution in [2.75, 3.05) is 0 Å². The zero-order valence-electron chi connectivity index (χ0n) is 6.93. The summed E-state index contributed by atoms with van der Waals surface area (Å²) in [5, 5.41) is 0.764. The minimum Gasteiger partial charge on any atom is -0.127 e. The Labute approximate surface area is 108 Å². The maximum Gasteiger partial charge on any atom is 0.0716 e. The number of halogens is 3. The number of rotatable bonds is 1. The molecule has 0 unspecified atom stereocenters. The van der Waals surface area contributed by atoms with Gasteiger partial charge < -0.3 is 0 Å². The first-order valence-corrected chi connectivity index (χ1v) is 6.65. The normalized spacial score (nSPS) is 10.5. The van der Waals surface area contributed by atoms with Crippen LogP contribution >= 0.6 is 54.8 Å². The molecular weight excluding hydrogens is 347 g/mol. The lowest BCUT2D eigenvalue weighted by atomic mass is 10.2. The van der Waals surface area contributed by atoms with E-state index in [4.69, 9.17) is 11.6 Å². The predicted molar refractivity (Wildman–Crippen MR) is 70.2 cm³/mol. The van der Waals surface area contributed by atoms with E-state index in [2.05, 4.69) is 37.9 Å². The Morgan fingerprint density at radius 1 is 1.07 bits per heavy atom. The average Bonchev–Trinajstić information content (AvgIpc) is 2.47. The lowest BCUT2D eigenvalue weighted by Gasteiger charge is -1.98. The van der Waals surface area contributed by atoms with Gasteiger partial charge in [-0.05, 0) is 55.6 Å². The fourth-order valence-electron chi connectivity index (χ4n) is 1.14. The number of hydrogen-bond acceptors (Lipinski definition) is 1. The highest BCUT2D eigenvalue weighted by atomic mass is 79.9. The van der Waals surface area contributed by atoms with Crippen LogP contribution in [0.25, 0.3) is 10.4 Å². The van der Waals surface area contributed by atoms with Crippen molar-refractivity contribution in [2.24, 2.45) is 0 Å². The highest BCUT2D eigenvalue weighted by Crippen LogP contribution is 2.39. The van der Waals surface area contributed by atoms with Crippen LogP contribution in [0.1, 0.15) is 0 Å². The molecule has 0 fully saturated rings. The van der Waals surface area contributed by atoms with E-state index in [1.165, 1.54) is 10.4 Å². The Balaban J connectivity index is 2.49. The molecule has 0 atom stereocenters. The van der Waals surface area contributed by atoms with E-state index >= 15 is 0 Å². The van der Waals surface area contributed by atoms with Gasteiger partial charge in [-0.1, -0.05) is 23.7 Å². The summed E-state index contributed by atoms with van der Waals surface area (Å²) < 4.78 is 2.23. The van der Waals surface area contributed by atoms with Crippen LogP contribution in [-0.4, -0.2) is 0 Å². The maximum atomic E-state index is 5.83. The molecule has 0 spiro atoms. The van der Waals surface area contributed by atoms with Crippen LogP contribution in [0.5, 0.6) is 0 Å². The van der Waals surface area contributed by atoms with Gasteiger partial charge in [0.1, 0.15) is 0 Å². The monoisotopic (exact) mass is 350 g/mol. The minimum absolute atomic E-state index is 0.764. The van der Waals surface area contributed by atoms with Crippen molar-refractivity contribution in [2.45, 2.75) is 0 Å². The van der Waals surface area contributed by atoms with Gasteiger partial charge in [0.2, 0.25) is 0 Å². The summed E-state index contributed by atoms with van der Waals surface area (Å²) in [4.78, 5) is 1.22. The summed E-state index contributed by atoms with van der Waals surface area (Å²) in [6.07, 6.45) is 0. The molecule has 0 N–H and O–H groups in total. The van der Waals surface area contributed by atoms with E-state index in [9.17, 15) is 0 Å². The van der Waals surface area contributed by atoms with E-state index in [1.807, 2.05) is 24.3 Å². The molecule has 0 aliphatic carbocycles. The van der Waals surface area contributed by atoms with Gasteiger partial charge in [-0.2, -0.15) is 0 Å². The Kier molecular flexibility index (Phi) is 3.32. The van der Waals surface area contributed by atoms with Gasteiger partial charge in [0, 0.05) is 14.4 Å². The highest BCUT2D eigenvalue weighted by Gasteiger charge is 2.07. The number of benzene rings is 1. The molecule has 4 heteroatoms. The van der Waals surface area contributed by atoms with Gasteiger partial charge in [-0.15, -0.1) is 11.3 Å². The summed E-state index contributed by atoms with van der Waals surface area (Å²) >= 11 is 14.5. The zero-order valence-corrected chi connectivity index (χ0v) is 11.7. The molecule has 1 aromatic heterocycles. The van der Waals surface area contributed by atoms with Crippen LogP contribution < -0.4 is 0 Å². The van der Waals surface area contributed by atoms with Crippen LogP contribution in [0.2, 0.25) is 5.02 Å². The maximum absolute atomic E-state index is 5.83. The predicted octanol–water partition coefficient (Wildman–Crippen LogP) is 5.59. The molecule has 0 nitrogen and oxygen atoms in total. The number of hydrogen-bond donors (Lipinski definition) is 0. The van der Waals surface area contributed by atoms with E-state index in [-0.39, 0.29) is 0 Å². The van der Waals surface area contributed by atoms with Crippen molar-refractivity contribution in [1.29, 1.82) is 0 Å². The largest absolute Gasteiger partial charge is 0.127 e. The molecule has 0 bridgehead atoms. The van der Waals surface area contributed by atoms with Crippen molar-refractivity contribution in [3.63, 3.8) is 0 Å². The Morgan fingerprint density at radius 2 is 1.71 bits per heavy atom. The third-order valence-electron chi connectivity index (χ3n) is 1.76. The third kappa shape index (κ3) is 2.22. The highest BCUT2D eigenvalue weighted by molar-refractivity contribution is 9.11. The van der Waals surface area contributed by atoms with Crippen molar-refractivity contribution >= 4 is 54.8 Å². The molecule has 1 aromatic carbocycles. The fourth-order valence-corrected chi connectivity index (χ4v) is 3.92. The van der Waals surface area contributed by atoms with Crippen LogP contribution in [0.3, 0.4) is 0 Å². The van der Waals surface area contributed by atoms with E-state index in [0.29, 0.717) is 0 Å².